The van der Waals surface area contributed by atoms with Gasteiger partial charge >= 0.3 is 0 Å². The van der Waals surface area contributed by atoms with Gasteiger partial charge < -0.3 is 9.80 Å². The number of hydrogen-bond donors (Lipinski definition) is 0. The van der Waals surface area contributed by atoms with Crippen molar-refractivity contribution in [2.45, 2.75) is 95.5 Å². The van der Waals surface area contributed by atoms with Crippen LogP contribution in [0.15, 0.2) is 29.4 Å². The molecule has 0 radical (unpaired) electrons. The van der Waals surface area contributed by atoms with Gasteiger partial charge in [-0.05, 0) is 70.9 Å². The second-order valence-electron chi connectivity index (χ2n) is 10.1. The van der Waals surface area contributed by atoms with Crippen molar-refractivity contribution in [3.05, 3.63) is 24.3 Å². The Kier molecular flexibility index (Phi) is 7.05. The summed E-state index contributed by atoms with van der Waals surface area (Å²) < 4.78 is 3.97. The number of carbonyl (C=O) groups is 2. The van der Waals surface area contributed by atoms with E-state index < -0.39 is 0 Å². The molecule has 35 heavy (non-hydrogen) atoms. The molecule has 0 N–H and O–H groups in total. The van der Waals surface area contributed by atoms with Gasteiger partial charge in [-0.3, -0.25) is 18.6 Å². The number of likely N-dealkylation sites (tertiary alicyclic amines) is 2. The number of amides is 2. The largest absolute Gasteiger partial charge is 0.339 e. The molecule has 5 rings (SSSR count). The molecule has 2 aromatic heterocycles. The van der Waals surface area contributed by atoms with Gasteiger partial charge in [-0.15, -0.1) is 10.2 Å². The third-order valence-corrected chi connectivity index (χ3v) is 8.70. The number of para-hydroxylation sites is 2. The zero-order chi connectivity index (χ0) is 24.5. The van der Waals surface area contributed by atoms with Crippen LogP contribution in [0.1, 0.15) is 65.7 Å². The summed E-state index contributed by atoms with van der Waals surface area (Å²) in [4.78, 5) is 30.6. The van der Waals surface area contributed by atoms with Gasteiger partial charge in [-0.25, -0.2) is 0 Å². The molecular weight excluding hydrogens is 460 g/mol. The van der Waals surface area contributed by atoms with Crippen molar-refractivity contribution in [1.29, 1.82) is 0 Å². The van der Waals surface area contributed by atoms with E-state index >= 15 is 0 Å². The van der Waals surface area contributed by atoms with Crippen LogP contribution in [-0.2, 0) is 16.1 Å². The van der Waals surface area contributed by atoms with Crippen LogP contribution in [0.3, 0.4) is 0 Å². The maximum absolute atomic E-state index is 13.4. The summed E-state index contributed by atoms with van der Waals surface area (Å²) in [6.07, 6.45) is 7.65. The first-order valence-corrected chi connectivity index (χ1v) is 14.0. The standard InChI is InChI=1S/C26H36N6O2S/c1-4-20-12-7-8-15-29(20)24(34)17-35-26-28-27-25-30(21-13-5-6-14-22(21)32(25)26)16-23(33)31-18(2)10-9-11-19(31)3/h5-6,13-14,18-20H,4,7-12,15-17H2,1-3H3/t18-,19+,20-/m1/s1. The Bertz CT molecular complexity index is 1210. The number of hydrogen-bond acceptors (Lipinski definition) is 5. The summed E-state index contributed by atoms with van der Waals surface area (Å²) in [5, 5.41) is 9.60. The maximum Gasteiger partial charge on any atom is 0.243 e. The quantitative estimate of drug-likeness (QED) is 0.474. The van der Waals surface area contributed by atoms with Crippen molar-refractivity contribution in [2.75, 3.05) is 12.3 Å². The summed E-state index contributed by atoms with van der Waals surface area (Å²) in [6.45, 7) is 7.53. The van der Waals surface area contributed by atoms with Crippen LogP contribution in [0, 0.1) is 0 Å². The molecule has 0 saturated carbocycles. The molecule has 0 spiro atoms. The van der Waals surface area contributed by atoms with Crippen molar-refractivity contribution in [3.63, 3.8) is 0 Å². The van der Waals surface area contributed by atoms with Gasteiger partial charge in [-0.2, -0.15) is 0 Å². The first kappa shape index (κ1) is 24.2. The molecule has 0 aliphatic carbocycles. The lowest BCUT2D eigenvalue weighted by molar-refractivity contribution is -0.137. The molecule has 9 heteroatoms. The SMILES string of the molecule is CC[C@@H]1CCCCN1C(=O)CSc1nnc2n(CC(=O)N3[C@H](C)CCC[C@@H]3C)c3ccccc3n12. The molecule has 2 amide bonds. The first-order valence-electron chi connectivity index (χ1n) is 13.0. The number of piperidine rings is 2. The fraction of sp³-hybridized carbons (Fsp3) is 0.615. The molecule has 0 unspecified atom stereocenters. The summed E-state index contributed by atoms with van der Waals surface area (Å²) in [5.74, 6) is 1.29. The van der Waals surface area contributed by atoms with Crippen molar-refractivity contribution in [2.24, 2.45) is 0 Å². The highest BCUT2D eigenvalue weighted by Gasteiger charge is 2.30. The van der Waals surface area contributed by atoms with Crippen LogP contribution >= 0.6 is 11.8 Å². The average Bonchev–Trinajstić information content (AvgIpc) is 3.41. The second kappa shape index (κ2) is 10.2. The van der Waals surface area contributed by atoms with Gasteiger partial charge in [-0.1, -0.05) is 30.8 Å². The summed E-state index contributed by atoms with van der Waals surface area (Å²) in [5.41, 5.74) is 1.91. The Morgan fingerprint density at radius 1 is 0.971 bits per heavy atom. The minimum Gasteiger partial charge on any atom is -0.339 e. The van der Waals surface area contributed by atoms with E-state index in [-0.39, 0.29) is 30.4 Å². The molecule has 3 aromatic rings. The summed E-state index contributed by atoms with van der Waals surface area (Å²) >= 11 is 1.44. The Labute approximate surface area is 211 Å². The molecule has 188 valence electrons. The Morgan fingerprint density at radius 3 is 2.46 bits per heavy atom. The third-order valence-electron chi connectivity index (χ3n) is 7.79. The lowest BCUT2D eigenvalue weighted by Crippen LogP contribution is -2.48. The van der Waals surface area contributed by atoms with E-state index in [1.54, 1.807) is 0 Å². The number of imidazole rings is 1. The average molecular weight is 497 g/mol. The van der Waals surface area contributed by atoms with Crippen LogP contribution in [0.2, 0.25) is 0 Å². The predicted molar refractivity (Wildman–Crippen MR) is 138 cm³/mol. The van der Waals surface area contributed by atoms with Crippen molar-refractivity contribution in [3.8, 4) is 0 Å². The molecule has 2 aliphatic rings. The van der Waals surface area contributed by atoms with Gasteiger partial charge in [0.25, 0.3) is 0 Å². The number of carbonyl (C=O) groups excluding carboxylic acids is 2. The first-order chi connectivity index (χ1) is 17.0. The Balaban J connectivity index is 1.41. The molecule has 3 atom stereocenters. The number of aromatic nitrogens is 4. The summed E-state index contributed by atoms with van der Waals surface area (Å²) in [7, 11) is 0. The normalized spacial score (nSPS) is 23.3. The number of rotatable bonds is 6. The van der Waals surface area contributed by atoms with E-state index in [1.165, 1.54) is 24.6 Å². The highest BCUT2D eigenvalue weighted by Crippen LogP contribution is 2.29. The molecule has 4 heterocycles. The minimum atomic E-state index is 0.121. The van der Waals surface area contributed by atoms with Crippen molar-refractivity contribution >= 4 is 40.4 Å². The molecule has 8 nitrogen and oxygen atoms in total. The second-order valence-corrected chi connectivity index (χ2v) is 11.0. The number of thioether (sulfide) groups is 1. The molecule has 2 aliphatic heterocycles. The lowest BCUT2D eigenvalue weighted by atomic mass is 9.97. The maximum atomic E-state index is 13.4. The van der Waals surface area contributed by atoms with Crippen LogP contribution in [-0.4, -0.2) is 71.2 Å². The Hall–Kier alpha value is -2.55. The lowest BCUT2D eigenvalue weighted by Gasteiger charge is -2.39. The highest BCUT2D eigenvalue weighted by atomic mass is 32.2. The van der Waals surface area contributed by atoms with Crippen LogP contribution in [0.4, 0.5) is 0 Å². The highest BCUT2D eigenvalue weighted by molar-refractivity contribution is 7.99. The zero-order valence-electron chi connectivity index (χ0n) is 21.0. The molecule has 2 fully saturated rings. The zero-order valence-corrected chi connectivity index (χ0v) is 21.8. The monoisotopic (exact) mass is 496 g/mol. The van der Waals surface area contributed by atoms with Crippen LogP contribution < -0.4 is 0 Å². The fourth-order valence-electron chi connectivity index (χ4n) is 5.98. The van der Waals surface area contributed by atoms with Crippen LogP contribution in [0.5, 0.6) is 0 Å². The van der Waals surface area contributed by atoms with E-state index in [0.717, 1.165) is 49.7 Å². The summed E-state index contributed by atoms with van der Waals surface area (Å²) in [6, 6.07) is 8.88. The molecule has 1 aromatic carbocycles. The van der Waals surface area contributed by atoms with Gasteiger partial charge in [0, 0.05) is 24.7 Å². The third kappa shape index (κ3) is 4.55. The van der Waals surface area contributed by atoms with Gasteiger partial charge in [0.05, 0.1) is 16.8 Å². The number of fused-ring (bicyclic) bond motifs is 3. The van der Waals surface area contributed by atoms with Gasteiger partial charge in [0.15, 0.2) is 5.16 Å². The van der Waals surface area contributed by atoms with E-state index in [2.05, 4.69) is 35.9 Å². The van der Waals surface area contributed by atoms with E-state index in [1.807, 2.05) is 38.1 Å². The topological polar surface area (TPSA) is 75.7 Å². The molecular formula is C26H36N6O2S. The molecule has 0 bridgehead atoms. The van der Waals surface area contributed by atoms with Crippen LogP contribution in [0.25, 0.3) is 16.8 Å². The smallest absolute Gasteiger partial charge is 0.243 e. The minimum absolute atomic E-state index is 0.121. The number of nitrogens with zero attached hydrogens (tertiary/aromatic N) is 6. The van der Waals surface area contributed by atoms with E-state index in [0.29, 0.717) is 22.7 Å². The molecule has 2 saturated heterocycles. The predicted octanol–water partition coefficient (Wildman–Crippen LogP) is 4.36. The van der Waals surface area contributed by atoms with Crippen molar-refractivity contribution < 1.29 is 9.59 Å². The number of benzene rings is 1. The fourth-order valence-corrected chi connectivity index (χ4v) is 6.80. The van der Waals surface area contributed by atoms with Gasteiger partial charge in [0.1, 0.15) is 6.54 Å². The van der Waals surface area contributed by atoms with E-state index in [4.69, 9.17) is 0 Å². The Morgan fingerprint density at radius 2 is 1.71 bits per heavy atom. The van der Waals surface area contributed by atoms with E-state index in [9.17, 15) is 9.59 Å². The van der Waals surface area contributed by atoms with Crippen molar-refractivity contribution in [1.82, 2.24) is 29.0 Å². The van der Waals surface area contributed by atoms with Gasteiger partial charge in [0.2, 0.25) is 17.6 Å².